The van der Waals surface area contributed by atoms with Gasteiger partial charge in [-0.2, -0.15) is 0 Å². The molecule has 27 heavy (non-hydrogen) atoms. The van der Waals surface area contributed by atoms with Crippen LogP contribution >= 0.6 is 28.1 Å². The second-order valence-electron chi connectivity index (χ2n) is 5.91. The quantitative estimate of drug-likeness (QED) is 0.660. The van der Waals surface area contributed by atoms with Crippen LogP contribution in [0.1, 0.15) is 23.7 Å². The minimum atomic E-state index is -0.993. The van der Waals surface area contributed by atoms with Crippen LogP contribution < -0.4 is 14.8 Å². The maximum Gasteiger partial charge on any atom is 0.306 e. The number of fused-ring (bicyclic) bond motifs is 1. The number of ether oxygens (including phenoxy) is 3. The van der Waals surface area contributed by atoms with Crippen molar-refractivity contribution in [1.29, 1.82) is 0 Å². The highest BCUT2D eigenvalue weighted by molar-refractivity contribution is 9.10. The summed E-state index contributed by atoms with van der Waals surface area (Å²) in [6.45, 7) is 0. The minimum absolute atomic E-state index is 0.246. The van der Waals surface area contributed by atoms with Crippen molar-refractivity contribution in [2.45, 2.75) is 18.6 Å². The minimum Gasteiger partial charge on any atom is -0.493 e. The lowest BCUT2D eigenvalue weighted by atomic mass is 9.98. The molecule has 0 amide bonds. The second kappa shape index (κ2) is 8.24. The van der Waals surface area contributed by atoms with Crippen LogP contribution in [0.5, 0.6) is 11.5 Å². The number of benzene rings is 2. The van der Waals surface area contributed by atoms with Crippen LogP contribution in [0, 0.1) is 0 Å². The summed E-state index contributed by atoms with van der Waals surface area (Å²) in [5.74, 6) is 0.0928. The number of carboxylic acid groups (broad SMARTS) is 1. The van der Waals surface area contributed by atoms with Crippen LogP contribution in [-0.2, 0) is 9.53 Å². The third-order valence-electron chi connectivity index (χ3n) is 4.22. The fourth-order valence-electron chi connectivity index (χ4n) is 3.04. The van der Waals surface area contributed by atoms with E-state index in [9.17, 15) is 9.90 Å². The Hall–Kier alpha value is -2.16. The number of aliphatic carboxylic acids is 1. The molecule has 8 heteroatoms. The smallest absolute Gasteiger partial charge is 0.306 e. The second-order valence-corrected chi connectivity index (χ2v) is 7.26. The molecule has 2 aromatic rings. The van der Waals surface area contributed by atoms with Gasteiger partial charge in [0.05, 0.1) is 20.6 Å². The molecule has 0 radical (unpaired) electrons. The van der Waals surface area contributed by atoms with Gasteiger partial charge in [-0.05, 0) is 24.3 Å². The van der Waals surface area contributed by atoms with E-state index in [2.05, 4.69) is 21.2 Å². The van der Waals surface area contributed by atoms with E-state index in [0.717, 1.165) is 21.3 Å². The number of methoxy groups -OCH3 is 2. The molecule has 2 atom stereocenters. The average molecular weight is 452 g/mol. The maximum absolute atomic E-state index is 11.3. The first-order chi connectivity index (χ1) is 12.9. The molecule has 0 saturated carbocycles. The molecule has 1 aliphatic heterocycles. The number of nitrogens with one attached hydrogen (secondary N) is 1. The Morgan fingerprint density at radius 3 is 2.70 bits per heavy atom. The number of halogens is 1. The van der Waals surface area contributed by atoms with Crippen LogP contribution in [0.2, 0.25) is 0 Å². The highest BCUT2D eigenvalue weighted by Gasteiger charge is 2.33. The van der Waals surface area contributed by atoms with E-state index in [-0.39, 0.29) is 6.42 Å². The molecule has 0 aromatic heterocycles. The first-order valence-electron chi connectivity index (χ1n) is 8.13. The molecule has 1 heterocycles. The monoisotopic (exact) mass is 451 g/mol. The molecule has 0 spiro atoms. The van der Waals surface area contributed by atoms with E-state index >= 15 is 0 Å². The van der Waals surface area contributed by atoms with Gasteiger partial charge in [0, 0.05) is 21.3 Å². The van der Waals surface area contributed by atoms with Crippen molar-refractivity contribution < 1.29 is 24.1 Å². The lowest BCUT2D eigenvalue weighted by Crippen LogP contribution is -2.30. The molecule has 0 fully saturated rings. The van der Waals surface area contributed by atoms with Gasteiger partial charge in [-0.15, -0.1) is 0 Å². The van der Waals surface area contributed by atoms with E-state index in [1.165, 1.54) is 0 Å². The van der Waals surface area contributed by atoms with E-state index in [4.69, 9.17) is 26.4 Å². The van der Waals surface area contributed by atoms with Gasteiger partial charge in [0.2, 0.25) is 0 Å². The molecule has 2 N–H and O–H groups in total. The Balaban J connectivity index is 2.18. The van der Waals surface area contributed by atoms with Gasteiger partial charge < -0.3 is 24.6 Å². The van der Waals surface area contributed by atoms with Crippen molar-refractivity contribution in [3.8, 4) is 11.5 Å². The van der Waals surface area contributed by atoms with E-state index in [1.54, 1.807) is 20.3 Å². The Morgan fingerprint density at radius 2 is 2.04 bits per heavy atom. The Kier molecular flexibility index (Phi) is 5.98. The molecule has 2 unspecified atom stereocenters. The molecule has 142 valence electrons. The predicted molar refractivity (Wildman–Crippen MR) is 109 cm³/mol. The summed E-state index contributed by atoms with van der Waals surface area (Å²) < 4.78 is 18.0. The summed E-state index contributed by atoms with van der Waals surface area (Å²) in [6.07, 6.45) is -1.63. The number of thiocarbonyl (C=S) groups is 1. The van der Waals surface area contributed by atoms with Crippen LogP contribution in [0.15, 0.2) is 40.9 Å². The summed E-state index contributed by atoms with van der Waals surface area (Å²) in [6, 6.07) is 11.2. The zero-order valence-electron chi connectivity index (χ0n) is 14.7. The number of rotatable bonds is 5. The largest absolute Gasteiger partial charge is 0.493 e. The van der Waals surface area contributed by atoms with Gasteiger partial charge in [-0.1, -0.05) is 40.3 Å². The highest BCUT2D eigenvalue weighted by Crippen LogP contribution is 2.43. The summed E-state index contributed by atoms with van der Waals surface area (Å²) in [4.78, 5) is 11.6. The maximum atomic E-state index is 11.3. The zero-order chi connectivity index (χ0) is 19.6. The highest BCUT2D eigenvalue weighted by atomic mass is 79.9. The predicted octanol–water partition coefficient (Wildman–Crippen LogP) is 4.17. The Bertz CT molecular complexity index is 888. The molecule has 1 aliphatic rings. The van der Waals surface area contributed by atoms with Crippen molar-refractivity contribution in [2.24, 2.45) is 0 Å². The van der Waals surface area contributed by atoms with Crippen molar-refractivity contribution >= 4 is 44.8 Å². The van der Waals surface area contributed by atoms with Crippen LogP contribution in [0.25, 0.3) is 0 Å². The summed E-state index contributed by atoms with van der Waals surface area (Å²) in [5, 5.41) is 12.4. The van der Waals surface area contributed by atoms with Gasteiger partial charge in [-0.25, -0.2) is 0 Å². The third-order valence-corrected chi connectivity index (χ3v) is 5.08. The van der Waals surface area contributed by atoms with Gasteiger partial charge in [-0.3, -0.25) is 4.79 Å². The number of anilines is 1. The fourth-order valence-corrected chi connectivity index (χ4v) is 3.66. The topological polar surface area (TPSA) is 77.0 Å². The first-order valence-corrected chi connectivity index (χ1v) is 9.33. The van der Waals surface area contributed by atoms with Crippen LogP contribution in [-0.4, -0.2) is 36.4 Å². The molecule has 6 nitrogen and oxygen atoms in total. The van der Waals surface area contributed by atoms with Crippen LogP contribution in [0.4, 0.5) is 5.69 Å². The van der Waals surface area contributed by atoms with Crippen molar-refractivity contribution in [2.75, 3.05) is 19.5 Å². The number of carbonyl (C=O) groups is 1. The van der Waals surface area contributed by atoms with E-state index in [0.29, 0.717) is 16.5 Å². The normalized spacial score (nSPS) is 18.9. The molecular formula is C19H18BrNO5S. The fraction of sp³-hybridized carbons (Fsp3) is 0.263. The molecule has 2 aromatic carbocycles. The number of hydrogen-bond donors (Lipinski definition) is 2. The lowest BCUT2D eigenvalue weighted by Gasteiger charge is -2.24. The van der Waals surface area contributed by atoms with Gasteiger partial charge in [0.25, 0.3) is 0 Å². The molecule has 0 aliphatic carbocycles. The van der Waals surface area contributed by atoms with E-state index < -0.39 is 18.2 Å². The van der Waals surface area contributed by atoms with Gasteiger partial charge >= 0.3 is 5.97 Å². The SMILES string of the molecule is COc1cccc(C2OC(CC(=O)O)C(=S)Nc3ccc(Br)cc32)c1OC. The molecule has 3 rings (SSSR count). The summed E-state index contributed by atoms with van der Waals surface area (Å²) >= 11 is 8.87. The third kappa shape index (κ3) is 4.07. The number of para-hydroxylation sites is 1. The van der Waals surface area contributed by atoms with Crippen molar-refractivity contribution in [3.63, 3.8) is 0 Å². The standard InChI is InChI=1S/C19H18BrNO5S/c1-24-14-5-3-4-11(18(14)25-2)17-12-8-10(20)6-7-13(12)21-19(27)15(26-17)9-16(22)23/h3-8,15,17H,9H2,1-2H3,(H,21,27)(H,22,23). The molecular weight excluding hydrogens is 434 g/mol. The van der Waals surface area contributed by atoms with Gasteiger partial charge in [0.15, 0.2) is 11.5 Å². The first kappa shape index (κ1) is 19.6. The lowest BCUT2D eigenvalue weighted by molar-refractivity contribution is -0.139. The zero-order valence-corrected chi connectivity index (χ0v) is 17.1. The van der Waals surface area contributed by atoms with Crippen LogP contribution in [0.3, 0.4) is 0 Å². The summed E-state index contributed by atoms with van der Waals surface area (Å²) in [5.41, 5.74) is 2.29. The molecule has 0 bridgehead atoms. The van der Waals surface area contributed by atoms with E-state index in [1.807, 2.05) is 30.3 Å². The summed E-state index contributed by atoms with van der Waals surface area (Å²) in [7, 11) is 3.11. The molecule has 0 saturated heterocycles. The van der Waals surface area contributed by atoms with Crippen molar-refractivity contribution in [1.82, 2.24) is 0 Å². The Labute approximate surface area is 170 Å². The van der Waals surface area contributed by atoms with Gasteiger partial charge in [0.1, 0.15) is 17.2 Å². The average Bonchev–Trinajstić information content (AvgIpc) is 2.77. The number of carboxylic acids is 1. The van der Waals surface area contributed by atoms with Crippen molar-refractivity contribution in [3.05, 3.63) is 52.0 Å². The Morgan fingerprint density at radius 1 is 1.26 bits per heavy atom. The number of hydrogen-bond acceptors (Lipinski definition) is 5.